The molecular formula is C14H20BrN. The van der Waals surface area contributed by atoms with Crippen LogP contribution in [0.5, 0.6) is 0 Å². The van der Waals surface area contributed by atoms with Gasteiger partial charge in [-0.25, -0.2) is 0 Å². The van der Waals surface area contributed by atoms with Gasteiger partial charge in [-0.2, -0.15) is 0 Å². The van der Waals surface area contributed by atoms with E-state index in [9.17, 15) is 0 Å². The molecule has 1 unspecified atom stereocenters. The number of hydrogen-bond donors (Lipinski definition) is 0. The molecule has 16 heavy (non-hydrogen) atoms. The molecule has 0 bridgehead atoms. The quantitative estimate of drug-likeness (QED) is 0.801. The van der Waals surface area contributed by atoms with Crippen LogP contribution in [0.15, 0.2) is 28.7 Å². The SMILES string of the molecule is CN(C)C(c1ccc(Br)cc1)C1CCCC1. The van der Waals surface area contributed by atoms with Crippen LogP contribution in [0.4, 0.5) is 0 Å². The third-order valence-corrected chi connectivity index (χ3v) is 4.14. The van der Waals surface area contributed by atoms with Crippen molar-refractivity contribution in [2.45, 2.75) is 31.7 Å². The molecule has 1 aliphatic carbocycles. The van der Waals surface area contributed by atoms with Crippen molar-refractivity contribution in [2.75, 3.05) is 14.1 Å². The Kier molecular flexibility index (Phi) is 4.04. The van der Waals surface area contributed by atoms with Gasteiger partial charge in [0.2, 0.25) is 0 Å². The topological polar surface area (TPSA) is 3.24 Å². The highest BCUT2D eigenvalue weighted by atomic mass is 79.9. The minimum atomic E-state index is 0.593. The standard InChI is InChI=1S/C14H20BrN/c1-16(2)14(11-5-3-4-6-11)12-7-9-13(15)10-8-12/h7-11,14H,3-6H2,1-2H3. The lowest BCUT2D eigenvalue weighted by molar-refractivity contribution is 0.214. The highest BCUT2D eigenvalue weighted by Gasteiger charge is 2.27. The Bertz CT molecular complexity index is 325. The first-order valence-electron chi connectivity index (χ1n) is 6.10. The summed E-state index contributed by atoms with van der Waals surface area (Å²) in [4.78, 5) is 2.37. The maximum absolute atomic E-state index is 3.50. The number of hydrogen-bond acceptors (Lipinski definition) is 1. The molecule has 1 fully saturated rings. The molecule has 1 aromatic rings. The lowest BCUT2D eigenvalue weighted by atomic mass is 9.91. The maximum Gasteiger partial charge on any atom is 0.0370 e. The Hall–Kier alpha value is -0.340. The second kappa shape index (κ2) is 5.33. The van der Waals surface area contributed by atoms with Crippen LogP contribution in [-0.4, -0.2) is 19.0 Å². The van der Waals surface area contributed by atoms with Gasteiger partial charge in [0, 0.05) is 10.5 Å². The number of rotatable bonds is 3. The van der Waals surface area contributed by atoms with Crippen LogP contribution in [0.2, 0.25) is 0 Å². The summed E-state index contributed by atoms with van der Waals surface area (Å²) in [5.41, 5.74) is 1.46. The van der Waals surface area contributed by atoms with Crippen molar-refractivity contribution in [3.8, 4) is 0 Å². The summed E-state index contributed by atoms with van der Waals surface area (Å²) >= 11 is 3.50. The highest BCUT2D eigenvalue weighted by Crippen LogP contribution is 2.38. The molecule has 2 rings (SSSR count). The van der Waals surface area contributed by atoms with Gasteiger partial charge in [-0.15, -0.1) is 0 Å². The van der Waals surface area contributed by atoms with Gasteiger partial charge >= 0.3 is 0 Å². The molecule has 88 valence electrons. The molecule has 0 spiro atoms. The fourth-order valence-corrected chi connectivity index (χ4v) is 3.19. The summed E-state index contributed by atoms with van der Waals surface area (Å²) in [7, 11) is 4.40. The van der Waals surface area contributed by atoms with Crippen molar-refractivity contribution in [1.29, 1.82) is 0 Å². The molecule has 0 amide bonds. The summed E-state index contributed by atoms with van der Waals surface area (Å²) < 4.78 is 1.17. The van der Waals surface area contributed by atoms with Crippen molar-refractivity contribution < 1.29 is 0 Å². The van der Waals surface area contributed by atoms with E-state index in [1.54, 1.807) is 0 Å². The third kappa shape index (κ3) is 2.67. The first-order chi connectivity index (χ1) is 7.68. The van der Waals surface area contributed by atoms with Gasteiger partial charge in [0.15, 0.2) is 0 Å². The van der Waals surface area contributed by atoms with Gasteiger partial charge in [-0.3, -0.25) is 0 Å². The monoisotopic (exact) mass is 281 g/mol. The molecule has 1 atom stereocenters. The highest BCUT2D eigenvalue weighted by molar-refractivity contribution is 9.10. The minimum absolute atomic E-state index is 0.593. The van der Waals surface area contributed by atoms with Gasteiger partial charge in [-0.05, 0) is 50.6 Å². The zero-order valence-electron chi connectivity index (χ0n) is 10.1. The van der Waals surface area contributed by atoms with Crippen LogP contribution in [0.25, 0.3) is 0 Å². The lowest BCUT2D eigenvalue weighted by Crippen LogP contribution is -2.26. The van der Waals surface area contributed by atoms with Gasteiger partial charge in [0.1, 0.15) is 0 Å². The average Bonchev–Trinajstić information content (AvgIpc) is 2.74. The van der Waals surface area contributed by atoms with Gasteiger partial charge < -0.3 is 4.90 Å². The van der Waals surface area contributed by atoms with Crippen molar-refractivity contribution in [2.24, 2.45) is 5.92 Å². The Labute approximate surface area is 107 Å². The lowest BCUT2D eigenvalue weighted by Gasteiger charge is -2.30. The second-order valence-corrected chi connectivity index (χ2v) is 5.92. The van der Waals surface area contributed by atoms with E-state index >= 15 is 0 Å². The molecule has 0 N–H and O–H groups in total. The second-order valence-electron chi connectivity index (χ2n) is 5.00. The third-order valence-electron chi connectivity index (χ3n) is 3.61. The zero-order chi connectivity index (χ0) is 11.5. The van der Waals surface area contributed by atoms with Crippen LogP contribution in [-0.2, 0) is 0 Å². The van der Waals surface area contributed by atoms with E-state index in [2.05, 4.69) is 59.2 Å². The average molecular weight is 282 g/mol. The summed E-state index contributed by atoms with van der Waals surface area (Å²) in [5.74, 6) is 0.844. The molecule has 0 heterocycles. The van der Waals surface area contributed by atoms with E-state index in [1.807, 2.05) is 0 Å². The molecule has 1 saturated carbocycles. The van der Waals surface area contributed by atoms with Crippen LogP contribution in [0, 0.1) is 5.92 Å². The molecule has 0 saturated heterocycles. The van der Waals surface area contributed by atoms with E-state index in [0.717, 1.165) is 5.92 Å². The van der Waals surface area contributed by atoms with E-state index < -0.39 is 0 Å². The Morgan fingerprint density at radius 2 is 1.69 bits per heavy atom. The summed E-state index contributed by atoms with van der Waals surface area (Å²) in [5, 5.41) is 0. The fourth-order valence-electron chi connectivity index (χ4n) is 2.93. The molecule has 2 heteroatoms. The molecule has 1 nitrogen and oxygen atoms in total. The molecule has 1 aliphatic rings. The van der Waals surface area contributed by atoms with E-state index in [-0.39, 0.29) is 0 Å². The van der Waals surface area contributed by atoms with Crippen LogP contribution < -0.4 is 0 Å². The largest absolute Gasteiger partial charge is 0.302 e. The number of nitrogens with zero attached hydrogens (tertiary/aromatic N) is 1. The van der Waals surface area contributed by atoms with Crippen LogP contribution in [0.3, 0.4) is 0 Å². The minimum Gasteiger partial charge on any atom is -0.302 e. The first-order valence-corrected chi connectivity index (χ1v) is 6.89. The summed E-state index contributed by atoms with van der Waals surface area (Å²) in [6.45, 7) is 0. The summed E-state index contributed by atoms with van der Waals surface area (Å²) in [6.07, 6.45) is 5.59. The Morgan fingerprint density at radius 3 is 2.19 bits per heavy atom. The number of benzene rings is 1. The van der Waals surface area contributed by atoms with E-state index in [4.69, 9.17) is 0 Å². The van der Waals surface area contributed by atoms with Gasteiger partial charge in [0.25, 0.3) is 0 Å². The molecule has 0 aromatic heterocycles. The predicted molar refractivity (Wildman–Crippen MR) is 72.5 cm³/mol. The number of halogens is 1. The van der Waals surface area contributed by atoms with Crippen LogP contribution in [0.1, 0.15) is 37.3 Å². The molecule has 0 radical (unpaired) electrons. The Morgan fingerprint density at radius 1 is 1.12 bits per heavy atom. The van der Waals surface area contributed by atoms with Gasteiger partial charge in [-0.1, -0.05) is 40.9 Å². The first kappa shape index (κ1) is 12.1. The molecule has 1 aromatic carbocycles. The normalized spacial score (nSPS) is 19.2. The van der Waals surface area contributed by atoms with Crippen molar-refractivity contribution >= 4 is 15.9 Å². The van der Waals surface area contributed by atoms with Crippen LogP contribution >= 0.6 is 15.9 Å². The van der Waals surface area contributed by atoms with Crippen molar-refractivity contribution in [3.05, 3.63) is 34.3 Å². The van der Waals surface area contributed by atoms with E-state index in [1.165, 1.54) is 35.7 Å². The van der Waals surface area contributed by atoms with Crippen molar-refractivity contribution in [3.63, 3.8) is 0 Å². The maximum atomic E-state index is 3.50. The predicted octanol–water partition coefficient (Wildman–Crippen LogP) is 4.24. The smallest absolute Gasteiger partial charge is 0.0370 e. The molecule has 0 aliphatic heterocycles. The zero-order valence-corrected chi connectivity index (χ0v) is 11.7. The van der Waals surface area contributed by atoms with E-state index in [0.29, 0.717) is 6.04 Å². The fraction of sp³-hybridized carbons (Fsp3) is 0.571. The summed E-state index contributed by atoms with van der Waals surface area (Å²) in [6, 6.07) is 9.41. The molecular weight excluding hydrogens is 262 g/mol. The van der Waals surface area contributed by atoms with Crippen molar-refractivity contribution in [1.82, 2.24) is 4.90 Å². The Balaban J connectivity index is 2.21. The van der Waals surface area contributed by atoms with Gasteiger partial charge in [0.05, 0.1) is 0 Å².